The number of anilines is 1. The molecule has 1 fully saturated rings. The van der Waals surface area contributed by atoms with Gasteiger partial charge in [0.25, 0.3) is 5.91 Å². The zero-order valence-electron chi connectivity index (χ0n) is 10.1. The van der Waals surface area contributed by atoms with E-state index in [2.05, 4.69) is 0 Å². The van der Waals surface area contributed by atoms with Crippen LogP contribution in [0.4, 0.5) is 5.69 Å². The molecule has 1 aliphatic heterocycles. The standard InChI is InChI=1S/C13H15NO4/c1-13(7-12(16)17)9-14(11(15)8-18-13)10-5-3-2-4-6-10/h2-6H,7-9H2,1H3,(H,16,17). The lowest BCUT2D eigenvalue weighted by molar-refractivity contribution is -0.151. The molecule has 1 heterocycles. The smallest absolute Gasteiger partial charge is 0.306 e. The Balaban J connectivity index is 2.20. The largest absolute Gasteiger partial charge is 0.481 e. The second-order valence-electron chi connectivity index (χ2n) is 4.62. The molecule has 0 saturated carbocycles. The summed E-state index contributed by atoms with van der Waals surface area (Å²) in [5, 5.41) is 8.87. The average molecular weight is 249 g/mol. The van der Waals surface area contributed by atoms with E-state index in [0.717, 1.165) is 5.69 Å². The topological polar surface area (TPSA) is 66.8 Å². The molecule has 1 saturated heterocycles. The summed E-state index contributed by atoms with van der Waals surface area (Å²) in [4.78, 5) is 24.2. The van der Waals surface area contributed by atoms with Gasteiger partial charge in [0.1, 0.15) is 6.61 Å². The van der Waals surface area contributed by atoms with Crippen molar-refractivity contribution in [1.29, 1.82) is 0 Å². The first-order valence-electron chi connectivity index (χ1n) is 5.71. The number of para-hydroxylation sites is 1. The zero-order valence-corrected chi connectivity index (χ0v) is 10.1. The molecule has 1 amide bonds. The maximum atomic E-state index is 11.8. The molecule has 1 unspecified atom stereocenters. The fourth-order valence-corrected chi connectivity index (χ4v) is 2.05. The fourth-order valence-electron chi connectivity index (χ4n) is 2.05. The number of carboxylic acids is 1. The van der Waals surface area contributed by atoms with Crippen LogP contribution in [0, 0.1) is 0 Å². The molecule has 1 N–H and O–H groups in total. The summed E-state index contributed by atoms with van der Waals surface area (Å²) in [6.45, 7) is 1.88. The Bertz CT molecular complexity index is 459. The van der Waals surface area contributed by atoms with Crippen LogP contribution in [0.5, 0.6) is 0 Å². The SMILES string of the molecule is CC1(CC(=O)O)CN(c2ccccc2)C(=O)CO1. The summed E-state index contributed by atoms with van der Waals surface area (Å²) in [5.74, 6) is -1.08. The van der Waals surface area contributed by atoms with Crippen LogP contribution in [0.15, 0.2) is 30.3 Å². The third-order valence-electron chi connectivity index (χ3n) is 2.93. The molecule has 1 aromatic rings. The third kappa shape index (κ3) is 2.68. The average Bonchev–Trinajstić information content (AvgIpc) is 2.33. The van der Waals surface area contributed by atoms with Crippen molar-refractivity contribution in [3.63, 3.8) is 0 Å². The van der Waals surface area contributed by atoms with Crippen LogP contribution in [-0.4, -0.2) is 35.7 Å². The van der Waals surface area contributed by atoms with E-state index in [1.807, 2.05) is 30.3 Å². The van der Waals surface area contributed by atoms with Gasteiger partial charge in [-0.15, -0.1) is 0 Å². The van der Waals surface area contributed by atoms with Crippen molar-refractivity contribution in [1.82, 2.24) is 0 Å². The Labute approximate surface area is 105 Å². The van der Waals surface area contributed by atoms with Crippen molar-refractivity contribution in [2.45, 2.75) is 18.9 Å². The highest BCUT2D eigenvalue weighted by Gasteiger charge is 2.38. The number of amides is 1. The molecule has 18 heavy (non-hydrogen) atoms. The van der Waals surface area contributed by atoms with Gasteiger partial charge in [-0.3, -0.25) is 9.59 Å². The van der Waals surface area contributed by atoms with Gasteiger partial charge >= 0.3 is 5.97 Å². The minimum absolute atomic E-state index is 0.0846. The van der Waals surface area contributed by atoms with Crippen molar-refractivity contribution >= 4 is 17.6 Å². The molecule has 0 aromatic heterocycles. The Morgan fingerprint density at radius 3 is 2.72 bits per heavy atom. The number of carboxylic acid groups (broad SMARTS) is 1. The lowest BCUT2D eigenvalue weighted by atomic mass is 9.99. The van der Waals surface area contributed by atoms with Gasteiger partial charge in [0.2, 0.25) is 0 Å². The van der Waals surface area contributed by atoms with Gasteiger partial charge in [-0.05, 0) is 19.1 Å². The number of benzene rings is 1. The number of morpholine rings is 1. The number of hydrogen-bond acceptors (Lipinski definition) is 3. The van der Waals surface area contributed by atoms with E-state index in [1.165, 1.54) is 0 Å². The number of rotatable bonds is 3. The van der Waals surface area contributed by atoms with Gasteiger partial charge < -0.3 is 14.7 Å². The van der Waals surface area contributed by atoms with Crippen molar-refractivity contribution < 1.29 is 19.4 Å². The maximum absolute atomic E-state index is 11.8. The molecule has 1 aliphatic rings. The molecule has 2 rings (SSSR count). The Morgan fingerprint density at radius 1 is 1.44 bits per heavy atom. The van der Waals surface area contributed by atoms with Crippen LogP contribution in [-0.2, 0) is 14.3 Å². The first kappa shape index (κ1) is 12.6. The molecule has 5 heteroatoms. The normalized spacial score (nSPS) is 24.1. The minimum atomic E-state index is -0.931. The number of hydrogen-bond donors (Lipinski definition) is 1. The van der Waals surface area contributed by atoms with Crippen molar-refractivity contribution in [3.05, 3.63) is 30.3 Å². The minimum Gasteiger partial charge on any atom is -0.481 e. The molecular weight excluding hydrogens is 234 g/mol. The number of carbonyl (C=O) groups is 2. The van der Waals surface area contributed by atoms with Gasteiger partial charge in [0.15, 0.2) is 0 Å². The molecule has 96 valence electrons. The van der Waals surface area contributed by atoms with E-state index in [-0.39, 0.29) is 25.5 Å². The second-order valence-corrected chi connectivity index (χ2v) is 4.62. The highest BCUT2D eigenvalue weighted by molar-refractivity contribution is 5.95. The van der Waals surface area contributed by atoms with E-state index < -0.39 is 11.6 Å². The summed E-state index contributed by atoms with van der Waals surface area (Å²) in [6.07, 6.45) is -0.121. The predicted octanol–water partition coefficient (Wildman–Crippen LogP) is 1.28. The van der Waals surface area contributed by atoms with Gasteiger partial charge in [0, 0.05) is 5.69 Å². The van der Waals surface area contributed by atoms with E-state index in [1.54, 1.807) is 11.8 Å². The predicted molar refractivity (Wildman–Crippen MR) is 65.4 cm³/mol. The third-order valence-corrected chi connectivity index (χ3v) is 2.93. The molecule has 1 aromatic carbocycles. The maximum Gasteiger partial charge on any atom is 0.306 e. The monoisotopic (exact) mass is 249 g/mol. The Hall–Kier alpha value is -1.88. The molecule has 0 bridgehead atoms. The van der Waals surface area contributed by atoms with Crippen LogP contribution in [0.3, 0.4) is 0 Å². The van der Waals surface area contributed by atoms with Gasteiger partial charge in [0.05, 0.1) is 18.6 Å². The lowest BCUT2D eigenvalue weighted by Gasteiger charge is -2.39. The van der Waals surface area contributed by atoms with Crippen molar-refractivity contribution in [3.8, 4) is 0 Å². The van der Waals surface area contributed by atoms with Gasteiger partial charge in [-0.2, -0.15) is 0 Å². The summed E-state index contributed by atoms with van der Waals surface area (Å²) < 4.78 is 5.37. The van der Waals surface area contributed by atoms with Gasteiger partial charge in [-0.25, -0.2) is 0 Å². The molecule has 0 spiro atoms. The second kappa shape index (κ2) is 4.78. The van der Waals surface area contributed by atoms with Crippen molar-refractivity contribution in [2.24, 2.45) is 0 Å². The lowest BCUT2D eigenvalue weighted by Crippen LogP contribution is -2.54. The Kier molecular flexibility index (Phi) is 3.34. The summed E-state index contributed by atoms with van der Waals surface area (Å²) in [6, 6.07) is 9.19. The molecule has 0 radical (unpaired) electrons. The van der Waals surface area contributed by atoms with E-state index >= 15 is 0 Å². The summed E-state index contributed by atoms with van der Waals surface area (Å²) in [5.41, 5.74) is -0.0716. The highest BCUT2D eigenvalue weighted by Crippen LogP contribution is 2.26. The molecule has 1 atom stereocenters. The van der Waals surface area contributed by atoms with Crippen LogP contribution < -0.4 is 4.90 Å². The number of ether oxygens (including phenoxy) is 1. The van der Waals surface area contributed by atoms with E-state index in [0.29, 0.717) is 0 Å². The van der Waals surface area contributed by atoms with Crippen molar-refractivity contribution in [2.75, 3.05) is 18.1 Å². The van der Waals surface area contributed by atoms with E-state index in [9.17, 15) is 9.59 Å². The molecule has 0 aliphatic carbocycles. The first-order valence-corrected chi connectivity index (χ1v) is 5.71. The molecular formula is C13H15NO4. The van der Waals surface area contributed by atoms with Crippen LogP contribution in [0.2, 0.25) is 0 Å². The zero-order chi connectivity index (χ0) is 13.2. The fraction of sp³-hybridized carbons (Fsp3) is 0.385. The van der Waals surface area contributed by atoms with Gasteiger partial charge in [-0.1, -0.05) is 18.2 Å². The van der Waals surface area contributed by atoms with Crippen LogP contribution in [0.25, 0.3) is 0 Å². The summed E-state index contributed by atoms with van der Waals surface area (Å²) in [7, 11) is 0. The first-order chi connectivity index (χ1) is 8.50. The quantitative estimate of drug-likeness (QED) is 0.876. The highest BCUT2D eigenvalue weighted by atomic mass is 16.5. The number of aliphatic carboxylic acids is 1. The van der Waals surface area contributed by atoms with Crippen LogP contribution >= 0.6 is 0 Å². The number of carbonyl (C=O) groups excluding carboxylic acids is 1. The molecule has 5 nitrogen and oxygen atoms in total. The van der Waals surface area contributed by atoms with Crippen LogP contribution in [0.1, 0.15) is 13.3 Å². The summed E-state index contributed by atoms with van der Waals surface area (Å²) >= 11 is 0. The Morgan fingerprint density at radius 2 is 2.11 bits per heavy atom. The number of nitrogens with zero attached hydrogens (tertiary/aromatic N) is 1. The van der Waals surface area contributed by atoms with E-state index in [4.69, 9.17) is 9.84 Å².